The first-order valence-corrected chi connectivity index (χ1v) is 4.93. The number of hydrogen-bond acceptors (Lipinski definition) is 5. The number of pyridine rings is 2. The lowest BCUT2D eigenvalue weighted by Crippen LogP contribution is -1.98. The van der Waals surface area contributed by atoms with Gasteiger partial charge in [-0.05, 0) is 24.3 Å². The maximum absolute atomic E-state index is 8.57. The molecule has 0 bridgehead atoms. The summed E-state index contributed by atoms with van der Waals surface area (Å²) in [6.45, 7) is 0.270. The van der Waals surface area contributed by atoms with Gasteiger partial charge in [-0.3, -0.25) is 9.97 Å². The molecule has 0 saturated carbocycles. The minimum Gasteiger partial charge on any atom is -0.506 e. The van der Waals surface area contributed by atoms with Crippen LogP contribution in [0.4, 0.5) is 0 Å². The van der Waals surface area contributed by atoms with Crippen molar-refractivity contribution in [3.63, 3.8) is 0 Å². The van der Waals surface area contributed by atoms with Crippen LogP contribution in [0.3, 0.4) is 0 Å². The fourth-order valence-corrected chi connectivity index (χ4v) is 0.913. The molecule has 0 saturated heterocycles. The normalized spacial score (nSPS) is 9.00. The molecule has 0 radical (unpaired) electrons. The largest absolute Gasteiger partial charge is 0.506 e. The highest BCUT2D eigenvalue weighted by atomic mass is 16.7. The lowest BCUT2D eigenvalue weighted by molar-refractivity contribution is 0.0508. The quantitative estimate of drug-likeness (QED) is 0.821. The maximum atomic E-state index is 8.57. The van der Waals surface area contributed by atoms with E-state index in [1.165, 1.54) is 6.20 Å². The molecular weight excluding hydrogens is 220 g/mol. The van der Waals surface area contributed by atoms with Gasteiger partial charge in [0.2, 0.25) is 0 Å². The van der Waals surface area contributed by atoms with Crippen LogP contribution < -0.4 is 4.74 Å². The van der Waals surface area contributed by atoms with Crippen LogP contribution in [0.25, 0.3) is 0 Å². The van der Waals surface area contributed by atoms with Crippen molar-refractivity contribution in [1.82, 2.24) is 9.97 Å². The average Bonchev–Trinajstić information content (AvgIpc) is 2.39. The van der Waals surface area contributed by atoms with E-state index >= 15 is 0 Å². The Balaban J connectivity index is 0.000000181. The van der Waals surface area contributed by atoms with Gasteiger partial charge in [0.1, 0.15) is 11.5 Å². The first-order chi connectivity index (χ1) is 8.33. The smallest absolute Gasteiger partial charge is 0.188 e. The molecule has 5 nitrogen and oxygen atoms in total. The van der Waals surface area contributed by atoms with Gasteiger partial charge in [-0.25, -0.2) is 0 Å². The van der Waals surface area contributed by atoms with Crippen LogP contribution in [0.5, 0.6) is 11.5 Å². The second-order valence-electron chi connectivity index (χ2n) is 2.95. The topological polar surface area (TPSA) is 64.5 Å². The summed E-state index contributed by atoms with van der Waals surface area (Å²) in [5.74, 6) is 0.937. The van der Waals surface area contributed by atoms with Crippen LogP contribution in [0.1, 0.15) is 0 Å². The second kappa shape index (κ2) is 8.06. The Labute approximate surface area is 99.7 Å². The molecule has 2 aromatic heterocycles. The molecule has 0 aromatic carbocycles. The van der Waals surface area contributed by atoms with E-state index in [1.807, 2.05) is 12.1 Å². The van der Waals surface area contributed by atoms with Crippen LogP contribution in [0.15, 0.2) is 49.1 Å². The monoisotopic (exact) mass is 234 g/mol. The summed E-state index contributed by atoms with van der Waals surface area (Å²) in [4.78, 5) is 7.49. The maximum Gasteiger partial charge on any atom is 0.188 e. The Hall–Kier alpha value is -2.14. The number of ether oxygens (including phenoxy) is 2. The van der Waals surface area contributed by atoms with Crippen LogP contribution >= 0.6 is 0 Å². The number of methoxy groups -OCH3 is 1. The standard InChI is InChI=1S/C7H9NO2.C5H5NO/c1-9-6-10-7-3-2-4-8-5-7;7-5-2-1-3-6-4-5/h2-5H,6H2,1H3;1-4,7H. The molecule has 0 spiro atoms. The summed E-state index contributed by atoms with van der Waals surface area (Å²) in [6.07, 6.45) is 6.33. The molecule has 0 aliphatic carbocycles. The minimum atomic E-state index is 0.211. The van der Waals surface area contributed by atoms with Gasteiger partial charge in [-0.1, -0.05) is 0 Å². The summed E-state index contributed by atoms with van der Waals surface area (Å²) in [7, 11) is 1.58. The van der Waals surface area contributed by atoms with Gasteiger partial charge in [-0.2, -0.15) is 0 Å². The molecule has 0 unspecified atom stereocenters. The molecule has 17 heavy (non-hydrogen) atoms. The highest BCUT2D eigenvalue weighted by molar-refractivity contribution is 5.15. The first-order valence-electron chi connectivity index (χ1n) is 4.93. The van der Waals surface area contributed by atoms with E-state index in [4.69, 9.17) is 14.6 Å². The molecule has 5 heteroatoms. The summed E-state index contributed by atoms with van der Waals surface area (Å²) in [5, 5.41) is 8.57. The van der Waals surface area contributed by atoms with Crippen molar-refractivity contribution in [3.05, 3.63) is 49.1 Å². The number of hydrogen-bond donors (Lipinski definition) is 1. The summed E-state index contributed by atoms with van der Waals surface area (Å²) >= 11 is 0. The van der Waals surface area contributed by atoms with E-state index in [1.54, 1.807) is 37.8 Å². The van der Waals surface area contributed by atoms with Gasteiger partial charge in [0.15, 0.2) is 6.79 Å². The van der Waals surface area contributed by atoms with Crippen molar-refractivity contribution >= 4 is 0 Å². The zero-order valence-corrected chi connectivity index (χ0v) is 9.48. The van der Waals surface area contributed by atoms with Crippen molar-refractivity contribution in [2.45, 2.75) is 0 Å². The fourth-order valence-electron chi connectivity index (χ4n) is 0.913. The van der Waals surface area contributed by atoms with E-state index < -0.39 is 0 Å². The molecule has 0 aliphatic heterocycles. The molecule has 2 heterocycles. The molecule has 0 amide bonds. The van der Waals surface area contributed by atoms with Gasteiger partial charge in [0.25, 0.3) is 0 Å². The van der Waals surface area contributed by atoms with E-state index in [2.05, 4.69) is 9.97 Å². The van der Waals surface area contributed by atoms with E-state index in [0.717, 1.165) is 5.75 Å². The van der Waals surface area contributed by atoms with Crippen molar-refractivity contribution in [2.75, 3.05) is 13.9 Å². The van der Waals surface area contributed by atoms with Gasteiger partial charge in [0, 0.05) is 19.5 Å². The third kappa shape index (κ3) is 6.11. The number of nitrogens with zero attached hydrogens (tertiary/aromatic N) is 2. The Bertz CT molecular complexity index is 395. The molecule has 0 fully saturated rings. The van der Waals surface area contributed by atoms with Crippen LogP contribution in [0.2, 0.25) is 0 Å². The molecule has 2 rings (SSSR count). The van der Waals surface area contributed by atoms with Crippen LogP contribution in [-0.4, -0.2) is 29.0 Å². The lowest BCUT2D eigenvalue weighted by Gasteiger charge is -2.01. The number of aromatic hydroxyl groups is 1. The first kappa shape index (κ1) is 12.9. The minimum absolute atomic E-state index is 0.211. The Kier molecular flexibility index (Phi) is 6.13. The summed E-state index contributed by atoms with van der Waals surface area (Å²) in [6, 6.07) is 6.89. The number of aromatic nitrogens is 2. The molecule has 1 N–H and O–H groups in total. The molecule has 2 aromatic rings. The van der Waals surface area contributed by atoms with Crippen molar-refractivity contribution < 1.29 is 14.6 Å². The SMILES string of the molecule is COCOc1cccnc1.Oc1cccnc1. The molecule has 90 valence electrons. The lowest BCUT2D eigenvalue weighted by atomic mass is 10.5. The van der Waals surface area contributed by atoms with Gasteiger partial charge in [0.05, 0.1) is 12.4 Å². The highest BCUT2D eigenvalue weighted by Gasteiger charge is 1.87. The Morgan fingerprint density at radius 2 is 1.82 bits per heavy atom. The third-order valence-corrected chi connectivity index (χ3v) is 1.62. The van der Waals surface area contributed by atoms with Crippen molar-refractivity contribution in [1.29, 1.82) is 0 Å². The summed E-state index contributed by atoms with van der Waals surface area (Å²) < 4.78 is 9.77. The number of rotatable bonds is 3. The van der Waals surface area contributed by atoms with E-state index in [9.17, 15) is 0 Å². The molecule has 0 atom stereocenters. The average molecular weight is 234 g/mol. The van der Waals surface area contributed by atoms with E-state index in [0.29, 0.717) is 0 Å². The second-order valence-corrected chi connectivity index (χ2v) is 2.95. The zero-order valence-electron chi connectivity index (χ0n) is 9.48. The van der Waals surface area contributed by atoms with Crippen molar-refractivity contribution in [2.24, 2.45) is 0 Å². The zero-order chi connectivity index (χ0) is 12.3. The van der Waals surface area contributed by atoms with Gasteiger partial charge >= 0.3 is 0 Å². The third-order valence-electron chi connectivity index (χ3n) is 1.62. The predicted molar refractivity (Wildman–Crippen MR) is 62.6 cm³/mol. The van der Waals surface area contributed by atoms with Gasteiger partial charge < -0.3 is 14.6 Å². The Morgan fingerprint density at radius 3 is 2.24 bits per heavy atom. The Morgan fingerprint density at radius 1 is 1.12 bits per heavy atom. The fraction of sp³-hybridized carbons (Fsp3) is 0.167. The van der Waals surface area contributed by atoms with Crippen molar-refractivity contribution in [3.8, 4) is 11.5 Å². The van der Waals surface area contributed by atoms with Crippen LogP contribution in [0, 0.1) is 0 Å². The van der Waals surface area contributed by atoms with Crippen LogP contribution in [-0.2, 0) is 4.74 Å². The summed E-state index contributed by atoms with van der Waals surface area (Å²) in [5.41, 5.74) is 0. The van der Waals surface area contributed by atoms with E-state index in [-0.39, 0.29) is 12.5 Å². The molecular formula is C12H14N2O3. The highest BCUT2D eigenvalue weighted by Crippen LogP contribution is 2.04. The van der Waals surface area contributed by atoms with Gasteiger partial charge in [-0.15, -0.1) is 0 Å². The predicted octanol–water partition coefficient (Wildman–Crippen LogP) is 1.85. The molecule has 0 aliphatic rings.